The van der Waals surface area contributed by atoms with Crippen molar-refractivity contribution in [2.45, 2.75) is 43.9 Å². The Morgan fingerprint density at radius 2 is 2.06 bits per heavy atom. The summed E-state index contributed by atoms with van der Waals surface area (Å²) in [6, 6.07) is 5.59. The summed E-state index contributed by atoms with van der Waals surface area (Å²) in [5, 5.41) is 14.5. The second kappa shape index (κ2) is 8.34. The van der Waals surface area contributed by atoms with Gasteiger partial charge in [0.15, 0.2) is 0 Å². The molecule has 9 nitrogen and oxygen atoms in total. The summed E-state index contributed by atoms with van der Waals surface area (Å²) in [6.45, 7) is 8.73. The van der Waals surface area contributed by atoms with Crippen molar-refractivity contribution >= 4 is 23.3 Å². The van der Waals surface area contributed by atoms with Gasteiger partial charge < -0.3 is 10.1 Å². The third-order valence-electron chi connectivity index (χ3n) is 4.77. The first-order valence-corrected chi connectivity index (χ1v) is 11.0. The summed E-state index contributed by atoms with van der Waals surface area (Å²) in [6.07, 6.45) is 3.78. The van der Waals surface area contributed by atoms with Crippen molar-refractivity contribution in [3.8, 4) is 17.1 Å². The number of amides is 1. The highest BCUT2D eigenvalue weighted by atomic mass is 32.2. The number of hydrogen-bond donors (Lipinski definition) is 2. The topological polar surface area (TPSA) is 102 Å². The van der Waals surface area contributed by atoms with Gasteiger partial charge in [0.25, 0.3) is 5.91 Å². The highest BCUT2D eigenvalue weighted by Gasteiger charge is 2.20. The minimum atomic E-state index is -0.216. The van der Waals surface area contributed by atoms with Gasteiger partial charge in [0.05, 0.1) is 36.1 Å². The highest BCUT2D eigenvalue weighted by Crippen LogP contribution is 2.39. The van der Waals surface area contributed by atoms with Crippen LogP contribution >= 0.6 is 11.8 Å². The fourth-order valence-electron chi connectivity index (χ4n) is 3.37. The molecular weight excluding hydrogens is 426 g/mol. The zero-order chi connectivity index (χ0) is 23.0. The van der Waals surface area contributed by atoms with E-state index in [9.17, 15) is 4.79 Å². The van der Waals surface area contributed by atoms with E-state index in [1.165, 1.54) is 0 Å². The van der Waals surface area contributed by atoms with Gasteiger partial charge in [-0.15, -0.1) is 11.8 Å². The molecule has 0 bridgehead atoms. The minimum Gasteiger partial charge on any atom is -0.495 e. The SMILES string of the molecule is COc1cc2ncc(-c3cc(C(=O)NCc4cc(C)[nH]n4)n(C)n3)n2cc1SC(C)(C)C. The molecule has 0 saturated heterocycles. The molecule has 168 valence electrons. The number of pyridine rings is 1. The van der Waals surface area contributed by atoms with Crippen molar-refractivity contribution in [1.29, 1.82) is 0 Å². The molecular formula is C22H27N7O2S. The fraction of sp³-hybridized carbons (Fsp3) is 0.364. The summed E-state index contributed by atoms with van der Waals surface area (Å²) >= 11 is 1.72. The second-order valence-electron chi connectivity index (χ2n) is 8.56. The van der Waals surface area contributed by atoms with Gasteiger partial charge in [-0.3, -0.25) is 19.0 Å². The van der Waals surface area contributed by atoms with Crippen molar-refractivity contribution < 1.29 is 9.53 Å². The van der Waals surface area contributed by atoms with E-state index in [2.05, 4.69) is 46.4 Å². The molecule has 2 N–H and O–H groups in total. The number of rotatable bonds is 6. The maximum absolute atomic E-state index is 12.7. The van der Waals surface area contributed by atoms with Crippen molar-refractivity contribution in [2.24, 2.45) is 7.05 Å². The van der Waals surface area contributed by atoms with E-state index >= 15 is 0 Å². The lowest BCUT2D eigenvalue weighted by atomic mass is 10.2. The number of carbonyl (C=O) groups is 1. The minimum absolute atomic E-state index is 0.0187. The maximum Gasteiger partial charge on any atom is 0.269 e. The van der Waals surface area contributed by atoms with Crippen LogP contribution in [0.15, 0.2) is 35.5 Å². The normalized spacial score (nSPS) is 11.8. The molecule has 0 unspecified atom stereocenters. The molecule has 0 spiro atoms. The van der Waals surface area contributed by atoms with E-state index in [0.717, 1.165) is 33.4 Å². The van der Waals surface area contributed by atoms with Crippen LogP contribution in [-0.4, -0.2) is 47.1 Å². The number of hydrogen-bond acceptors (Lipinski definition) is 6. The third kappa shape index (κ3) is 4.50. The quantitative estimate of drug-likeness (QED) is 0.433. The highest BCUT2D eigenvalue weighted by molar-refractivity contribution is 8.00. The van der Waals surface area contributed by atoms with Gasteiger partial charge in [-0.25, -0.2) is 4.98 Å². The number of H-pyrrole nitrogens is 1. The molecule has 10 heteroatoms. The molecule has 4 aromatic rings. The molecule has 0 aliphatic heterocycles. The van der Waals surface area contributed by atoms with Crippen LogP contribution in [0.1, 0.15) is 42.6 Å². The molecule has 0 aromatic carbocycles. The first-order chi connectivity index (χ1) is 15.1. The van der Waals surface area contributed by atoms with Crippen molar-refractivity contribution in [1.82, 2.24) is 34.7 Å². The van der Waals surface area contributed by atoms with E-state index in [-0.39, 0.29) is 10.7 Å². The van der Waals surface area contributed by atoms with Crippen LogP contribution in [-0.2, 0) is 13.6 Å². The number of imidazole rings is 1. The Morgan fingerprint density at radius 3 is 2.72 bits per heavy atom. The number of thioether (sulfide) groups is 1. The van der Waals surface area contributed by atoms with Gasteiger partial charge in [0.2, 0.25) is 0 Å². The van der Waals surface area contributed by atoms with Crippen LogP contribution < -0.4 is 10.1 Å². The summed E-state index contributed by atoms with van der Waals surface area (Å²) in [5.74, 6) is 0.565. The standard InChI is InChI=1S/C22H27N7O2S/c1-13-7-14(26-25-13)10-24-21(30)16-8-15(27-28(16)5)17-11-23-20-9-18(31-6)19(12-29(17)20)32-22(2,3)4/h7-9,11-12H,10H2,1-6H3,(H,24,30)(H,25,26). The van der Waals surface area contributed by atoms with Crippen molar-refractivity contribution in [2.75, 3.05) is 7.11 Å². The molecule has 4 rings (SSSR count). The number of aromatic amines is 1. The molecule has 4 aromatic heterocycles. The van der Waals surface area contributed by atoms with Crippen molar-refractivity contribution in [3.05, 3.63) is 47.7 Å². The van der Waals surface area contributed by atoms with Gasteiger partial charge in [0, 0.05) is 29.8 Å². The van der Waals surface area contributed by atoms with E-state index in [1.807, 2.05) is 29.7 Å². The van der Waals surface area contributed by atoms with E-state index in [1.54, 1.807) is 42.9 Å². The number of carbonyl (C=O) groups excluding carboxylic acids is 1. The van der Waals surface area contributed by atoms with Crippen LogP contribution in [0.5, 0.6) is 5.75 Å². The number of nitrogens with one attached hydrogen (secondary N) is 2. The molecule has 0 saturated carbocycles. The summed E-state index contributed by atoms with van der Waals surface area (Å²) < 4.78 is 9.16. The molecule has 0 radical (unpaired) electrons. The van der Waals surface area contributed by atoms with E-state index in [0.29, 0.717) is 17.9 Å². The Hall–Kier alpha value is -3.27. The summed E-state index contributed by atoms with van der Waals surface area (Å²) in [5.41, 5.74) is 4.40. The van der Waals surface area contributed by atoms with Crippen LogP contribution in [0, 0.1) is 6.92 Å². The Labute approximate surface area is 190 Å². The largest absolute Gasteiger partial charge is 0.495 e. The molecule has 0 aliphatic rings. The molecule has 32 heavy (non-hydrogen) atoms. The molecule has 4 heterocycles. The lowest BCUT2D eigenvalue weighted by Gasteiger charge is -2.19. The first-order valence-electron chi connectivity index (χ1n) is 10.2. The predicted molar refractivity (Wildman–Crippen MR) is 124 cm³/mol. The Bertz CT molecular complexity index is 1280. The van der Waals surface area contributed by atoms with Crippen LogP contribution in [0.4, 0.5) is 0 Å². The van der Waals surface area contributed by atoms with Gasteiger partial charge >= 0.3 is 0 Å². The lowest BCUT2D eigenvalue weighted by molar-refractivity contribution is 0.0941. The average molecular weight is 454 g/mol. The maximum atomic E-state index is 12.7. The number of methoxy groups -OCH3 is 1. The lowest BCUT2D eigenvalue weighted by Crippen LogP contribution is -2.25. The number of fused-ring (bicyclic) bond motifs is 1. The van der Waals surface area contributed by atoms with Gasteiger partial charge in [0.1, 0.15) is 22.8 Å². The molecule has 0 fully saturated rings. The smallest absolute Gasteiger partial charge is 0.269 e. The Kier molecular flexibility index (Phi) is 5.72. The Balaban J connectivity index is 1.64. The number of nitrogens with zero attached hydrogens (tertiary/aromatic N) is 5. The van der Waals surface area contributed by atoms with Gasteiger partial charge in [-0.05, 0) is 19.1 Å². The zero-order valence-corrected chi connectivity index (χ0v) is 19.9. The first kappa shape index (κ1) is 21.9. The monoisotopic (exact) mass is 453 g/mol. The van der Waals surface area contributed by atoms with Gasteiger partial charge in [-0.1, -0.05) is 20.8 Å². The van der Waals surface area contributed by atoms with Crippen LogP contribution in [0.3, 0.4) is 0 Å². The summed E-state index contributed by atoms with van der Waals surface area (Å²) in [7, 11) is 3.42. The Morgan fingerprint density at radius 1 is 1.28 bits per heavy atom. The van der Waals surface area contributed by atoms with Gasteiger partial charge in [-0.2, -0.15) is 10.2 Å². The summed E-state index contributed by atoms with van der Waals surface area (Å²) in [4.78, 5) is 18.3. The predicted octanol–water partition coefficient (Wildman–Crippen LogP) is 3.60. The van der Waals surface area contributed by atoms with Crippen molar-refractivity contribution in [3.63, 3.8) is 0 Å². The van der Waals surface area contributed by atoms with E-state index in [4.69, 9.17) is 4.74 Å². The van der Waals surface area contributed by atoms with Crippen LogP contribution in [0.2, 0.25) is 0 Å². The number of aryl methyl sites for hydroxylation is 2. The molecule has 1 amide bonds. The molecule has 0 atom stereocenters. The van der Waals surface area contributed by atoms with Crippen LogP contribution in [0.25, 0.3) is 17.0 Å². The third-order valence-corrected chi connectivity index (χ3v) is 5.91. The second-order valence-corrected chi connectivity index (χ2v) is 10.4. The number of aromatic nitrogens is 6. The van der Waals surface area contributed by atoms with E-state index < -0.39 is 0 Å². The zero-order valence-electron chi connectivity index (χ0n) is 19.1. The fourth-order valence-corrected chi connectivity index (χ4v) is 4.43. The molecule has 0 aliphatic carbocycles. The number of ether oxygens (including phenoxy) is 1. The average Bonchev–Trinajstić information content (AvgIpc) is 3.42.